The molecule has 3 aromatic carbocycles. The lowest BCUT2D eigenvalue weighted by Gasteiger charge is -2.23. The first-order valence-corrected chi connectivity index (χ1v) is 13.2. The number of nitrogens with zero attached hydrogens (tertiary/aromatic N) is 4. The van der Waals surface area contributed by atoms with Crippen LogP contribution in [-0.2, 0) is 9.59 Å². The molecule has 6 nitrogen and oxygen atoms in total. The van der Waals surface area contributed by atoms with Crippen molar-refractivity contribution < 1.29 is 9.59 Å². The summed E-state index contributed by atoms with van der Waals surface area (Å²) < 4.78 is 2.00. The van der Waals surface area contributed by atoms with E-state index in [0.29, 0.717) is 12.8 Å². The first-order chi connectivity index (χ1) is 17.3. The van der Waals surface area contributed by atoms with Gasteiger partial charge in [-0.05, 0) is 46.5 Å². The van der Waals surface area contributed by atoms with E-state index < -0.39 is 0 Å². The molecule has 2 heterocycles. The summed E-state index contributed by atoms with van der Waals surface area (Å²) >= 11 is 6.93. The van der Waals surface area contributed by atoms with Gasteiger partial charge in [-0.2, -0.15) is 10.2 Å². The van der Waals surface area contributed by atoms with Crippen LogP contribution in [0.25, 0.3) is 0 Å². The summed E-state index contributed by atoms with van der Waals surface area (Å²) in [6.07, 6.45) is 1.28. The molecule has 8 heteroatoms. The second-order valence-electron chi connectivity index (χ2n) is 8.94. The van der Waals surface area contributed by atoms with Crippen molar-refractivity contribution in [2.75, 3.05) is 0 Å². The van der Waals surface area contributed by atoms with E-state index in [2.05, 4.69) is 42.1 Å². The molecule has 0 spiro atoms. The third-order valence-corrected chi connectivity index (χ3v) is 7.58. The van der Waals surface area contributed by atoms with E-state index in [0.717, 1.165) is 42.6 Å². The van der Waals surface area contributed by atoms with E-state index in [-0.39, 0.29) is 23.9 Å². The van der Waals surface area contributed by atoms with Crippen LogP contribution in [0.15, 0.2) is 91.9 Å². The molecule has 36 heavy (non-hydrogen) atoms. The fourth-order valence-electron chi connectivity index (χ4n) is 4.69. The van der Waals surface area contributed by atoms with Crippen LogP contribution < -0.4 is 0 Å². The molecule has 0 saturated carbocycles. The second-order valence-corrected chi connectivity index (χ2v) is 10.8. The summed E-state index contributed by atoms with van der Waals surface area (Å²) in [6.45, 7) is 3.08. The number of hydrazone groups is 2. The Hall–Kier alpha value is -3.10. The van der Waals surface area contributed by atoms with Gasteiger partial charge in [-0.1, -0.05) is 80.4 Å². The zero-order valence-corrected chi connectivity index (χ0v) is 23.0. The van der Waals surface area contributed by atoms with Crippen LogP contribution in [0.2, 0.25) is 0 Å². The first-order valence-electron chi connectivity index (χ1n) is 11.7. The quantitative estimate of drug-likeness (QED) is 0.335. The fraction of sp³-hybridized carbons (Fsp3) is 0.214. The lowest BCUT2D eigenvalue weighted by molar-refractivity contribution is -0.131. The minimum Gasteiger partial charge on any atom is -0.273 e. The van der Waals surface area contributed by atoms with Crippen molar-refractivity contribution in [1.29, 1.82) is 0 Å². The summed E-state index contributed by atoms with van der Waals surface area (Å²) in [5.41, 5.74) is 5.79. The zero-order chi connectivity index (χ0) is 25.4. The number of carbonyl (C=O) groups excluding carboxylic acids is 2. The van der Waals surface area contributed by atoms with Crippen LogP contribution >= 0.6 is 31.9 Å². The van der Waals surface area contributed by atoms with E-state index >= 15 is 0 Å². The lowest BCUT2D eigenvalue weighted by atomic mass is 9.94. The van der Waals surface area contributed by atoms with Gasteiger partial charge in [0.1, 0.15) is 0 Å². The molecule has 0 fully saturated rings. The number of hydrogen-bond donors (Lipinski definition) is 0. The highest BCUT2D eigenvalue weighted by Crippen LogP contribution is 2.36. The van der Waals surface area contributed by atoms with Gasteiger partial charge in [0.2, 0.25) is 11.8 Å². The molecule has 2 atom stereocenters. The van der Waals surface area contributed by atoms with E-state index in [1.807, 2.05) is 72.8 Å². The summed E-state index contributed by atoms with van der Waals surface area (Å²) in [6, 6.07) is 23.7. The predicted octanol–water partition coefficient (Wildman–Crippen LogP) is 6.61. The van der Waals surface area contributed by atoms with Gasteiger partial charge in [-0.15, -0.1) is 0 Å². The topological polar surface area (TPSA) is 65.3 Å². The van der Waals surface area contributed by atoms with Crippen molar-refractivity contribution >= 4 is 55.1 Å². The molecule has 2 unspecified atom stereocenters. The second kappa shape index (κ2) is 10.1. The van der Waals surface area contributed by atoms with Crippen LogP contribution in [0.4, 0.5) is 0 Å². The van der Waals surface area contributed by atoms with Crippen molar-refractivity contribution in [3.8, 4) is 0 Å². The standard InChI is InChI=1S/C28H24Br2N4O2/c1-17(35)33-27(15-25(31-33)19-7-11-23(29)12-8-19)21-3-5-22(6-4-21)28-16-26(32-34(28)18(2)36)20-9-13-24(30)14-10-20/h3-14,27-28H,15-16H2,1-2H3. The van der Waals surface area contributed by atoms with Crippen LogP contribution in [-0.4, -0.2) is 33.3 Å². The third kappa shape index (κ3) is 4.92. The summed E-state index contributed by atoms with van der Waals surface area (Å²) in [5.74, 6) is -0.190. The Bertz CT molecular complexity index is 1260. The normalized spacial score (nSPS) is 19.3. The first kappa shape index (κ1) is 24.6. The molecule has 182 valence electrons. The van der Waals surface area contributed by atoms with Gasteiger partial charge in [0.25, 0.3) is 0 Å². The average Bonchev–Trinajstić information content (AvgIpc) is 3.51. The number of amides is 2. The third-order valence-electron chi connectivity index (χ3n) is 6.53. The molecule has 0 bridgehead atoms. The number of benzene rings is 3. The highest BCUT2D eigenvalue weighted by molar-refractivity contribution is 9.10. The fourth-order valence-corrected chi connectivity index (χ4v) is 5.22. The van der Waals surface area contributed by atoms with Gasteiger partial charge in [0, 0.05) is 35.6 Å². The van der Waals surface area contributed by atoms with Gasteiger partial charge in [-0.25, -0.2) is 10.0 Å². The number of halogens is 2. The van der Waals surface area contributed by atoms with Crippen molar-refractivity contribution in [3.63, 3.8) is 0 Å². The summed E-state index contributed by atoms with van der Waals surface area (Å²) in [7, 11) is 0. The molecule has 2 aliphatic heterocycles. The largest absolute Gasteiger partial charge is 0.273 e. The zero-order valence-electron chi connectivity index (χ0n) is 19.9. The monoisotopic (exact) mass is 606 g/mol. The molecular weight excluding hydrogens is 584 g/mol. The molecule has 3 aromatic rings. The van der Waals surface area contributed by atoms with E-state index in [1.54, 1.807) is 23.9 Å². The molecule has 0 radical (unpaired) electrons. The Balaban J connectivity index is 1.37. The van der Waals surface area contributed by atoms with Crippen molar-refractivity contribution in [2.45, 2.75) is 38.8 Å². The van der Waals surface area contributed by atoms with Crippen molar-refractivity contribution in [2.24, 2.45) is 10.2 Å². The average molecular weight is 608 g/mol. The van der Waals surface area contributed by atoms with Crippen LogP contribution in [0.5, 0.6) is 0 Å². The van der Waals surface area contributed by atoms with Gasteiger partial charge in [0.15, 0.2) is 0 Å². The maximum atomic E-state index is 12.4. The molecule has 0 saturated heterocycles. The minimum atomic E-state index is -0.169. The van der Waals surface area contributed by atoms with E-state index in [4.69, 9.17) is 0 Å². The predicted molar refractivity (Wildman–Crippen MR) is 148 cm³/mol. The Kier molecular flexibility index (Phi) is 6.90. The lowest BCUT2D eigenvalue weighted by Crippen LogP contribution is -2.25. The summed E-state index contributed by atoms with van der Waals surface area (Å²) in [5, 5.41) is 12.4. The molecular formula is C28H24Br2N4O2. The number of rotatable bonds is 4. The highest BCUT2D eigenvalue weighted by Gasteiger charge is 2.33. The molecule has 0 N–H and O–H groups in total. The van der Waals surface area contributed by atoms with Crippen molar-refractivity contribution in [1.82, 2.24) is 10.0 Å². The van der Waals surface area contributed by atoms with Gasteiger partial charge in [0.05, 0.1) is 23.5 Å². The van der Waals surface area contributed by atoms with E-state index in [1.165, 1.54) is 0 Å². The van der Waals surface area contributed by atoms with Crippen LogP contribution in [0.3, 0.4) is 0 Å². The Morgan fingerprint density at radius 1 is 0.639 bits per heavy atom. The van der Waals surface area contributed by atoms with Crippen LogP contribution in [0, 0.1) is 0 Å². The molecule has 2 amide bonds. The maximum Gasteiger partial charge on any atom is 0.240 e. The van der Waals surface area contributed by atoms with Gasteiger partial charge < -0.3 is 0 Å². The molecule has 2 aliphatic rings. The number of hydrogen-bond acceptors (Lipinski definition) is 4. The SMILES string of the molecule is CC(=O)N1N=C(c2ccc(Br)cc2)CC1c1ccc(C2CC(c3ccc(Br)cc3)=NN2C(C)=O)cc1. The van der Waals surface area contributed by atoms with Crippen LogP contribution in [0.1, 0.15) is 61.0 Å². The van der Waals surface area contributed by atoms with Gasteiger partial charge in [-0.3, -0.25) is 9.59 Å². The molecule has 5 rings (SSSR count). The highest BCUT2D eigenvalue weighted by atomic mass is 79.9. The Morgan fingerprint density at radius 2 is 0.972 bits per heavy atom. The molecule has 0 aromatic heterocycles. The minimum absolute atomic E-state index is 0.0951. The Labute approximate surface area is 226 Å². The summed E-state index contributed by atoms with van der Waals surface area (Å²) in [4.78, 5) is 24.8. The molecule has 0 aliphatic carbocycles. The Morgan fingerprint density at radius 3 is 1.28 bits per heavy atom. The van der Waals surface area contributed by atoms with Gasteiger partial charge >= 0.3 is 0 Å². The van der Waals surface area contributed by atoms with E-state index in [9.17, 15) is 9.59 Å². The smallest absolute Gasteiger partial charge is 0.240 e. The maximum absolute atomic E-state index is 12.4. The number of carbonyl (C=O) groups is 2. The van der Waals surface area contributed by atoms with Crippen molar-refractivity contribution in [3.05, 3.63) is 104 Å².